The van der Waals surface area contributed by atoms with E-state index in [4.69, 9.17) is 11.6 Å². The Morgan fingerprint density at radius 3 is 2.58 bits per heavy atom. The lowest BCUT2D eigenvalue weighted by molar-refractivity contribution is -0.143. The van der Waals surface area contributed by atoms with Crippen LogP contribution in [0.3, 0.4) is 0 Å². The number of nitrogens with one attached hydrogen (secondary N) is 1. The lowest BCUT2D eigenvalue weighted by atomic mass is 10.2. The summed E-state index contributed by atoms with van der Waals surface area (Å²) in [6.45, 7) is 1.80. The highest BCUT2D eigenvalue weighted by Crippen LogP contribution is 2.34. The van der Waals surface area contributed by atoms with Crippen LogP contribution in [0.15, 0.2) is 48.8 Å². The summed E-state index contributed by atoms with van der Waals surface area (Å²) in [6, 6.07) is 8.95. The molecule has 1 N–H and O–H groups in total. The predicted molar refractivity (Wildman–Crippen MR) is 90.5 cm³/mol. The Morgan fingerprint density at radius 2 is 1.96 bits per heavy atom. The highest BCUT2D eigenvalue weighted by Gasteiger charge is 2.40. The molecule has 0 aliphatic heterocycles. The van der Waals surface area contributed by atoms with Crippen LogP contribution in [0.2, 0.25) is 5.02 Å². The second-order valence-electron chi connectivity index (χ2n) is 5.47. The third kappa shape index (κ3) is 3.70. The first-order valence-electron chi connectivity index (χ1n) is 7.41. The summed E-state index contributed by atoms with van der Waals surface area (Å²) >= 11 is 5.84. The molecule has 0 saturated heterocycles. The molecular formula is C17H12ClF3N4O. The first-order valence-corrected chi connectivity index (χ1v) is 7.78. The maximum absolute atomic E-state index is 13.6. The van der Waals surface area contributed by atoms with Gasteiger partial charge in [-0.1, -0.05) is 23.7 Å². The van der Waals surface area contributed by atoms with Gasteiger partial charge in [0.2, 0.25) is 0 Å². The topological polar surface area (TPSA) is 59.8 Å². The molecule has 5 nitrogen and oxygen atoms in total. The molecule has 0 fully saturated rings. The van der Waals surface area contributed by atoms with E-state index in [0.717, 1.165) is 11.8 Å². The molecule has 26 heavy (non-hydrogen) atoms. The fraction of sp³-hybridized carbons (Fsp3) is 0.118. The summed E-state index contributed by atoms with van der Waals surface area (Å²) in [5, 5.41) is 6.32. The van der Waals surface area contributed by atoms with Crippen molar-refractivity contribution in [3.8, 4) is 5.69 Å². The molecule has 134 valence electrons. The maximum Gasteiger partial charge on any atom is 0.434 e. The molecule has 9 heteroatoms. The Morgan fingerprint density at radius 1 is 1.19 bits per heavy atom. The number of anilines is 1. The monoisotopic (exact) mass is 380 g/mol. The lowest BCUT2D eigenvalue weighted by Crippen LogP contribution is -2.21. The number of hydrogen-bond donors (Lipinski definition) is 1. The van der Waals surface area contributed by atoms with E-state index in [1.54, 1.807) is 13.0 Å². The quantitative estimate of drug-likeness (QED) is 0.727. The number of aryl methyl sites for hydroxylation is 1. The smallest absolute Gasteiger partial charge is 0.306 e. The molecule has 0 aliphatic rings. The van der Waals surface area contributed by atoms with E-state index < -0.39 is 23.3 Å². The molecule has 1 amide bonds. The number of carbonyl (C=O) groups excluding carboxylic acids is 1. The van der Waals surface area contributed by atoms with Crippen molar-refractivity contribution in [2.75, 3.05) is 5.32 Å². The zero-order valence-corrected chi connectivity index (χ0v) is 14.1. The molecule has 0 saturated carbocycles. The summed E-state index contributed by atoms with van der Waals surface area (Å²) in [5.41, 5.74) is -0.852. The highest BCUT2D eigenvalue weighted by atomic mass is 35.5. The number of alkyl halides is 3. The minimum atomic E-state index is -4.80. The zero-order chi connectivity index (χ0) is 18.9. The van der Waals surface area contributed by atoms with Gasteiger partial charge in [0.05, 0.1) is 17.4 Å². The fourth-order valence-corrected chi connectivity index (χ4v) is 2.50. The number of hydrogen-bond acceptors (Lipinski definition) is 3. The van der Waals surface area contributed by atoms with Gasteiger partial charge >= 0.3 is 6.18 Å². The van der Waals surface area contributed by atoms with Gasteiger partial charge in [-0.05, 0) is 36.8 Å². The van der Waals surface area contributed by atoms with Crippen molar-refractivity contribution in [3.05, 3.63) is 70.6 Å². The van der Waals surface area contributed by atoms with Crippen molar-refractivity contribution in [3.63, 3.8) is 0 Å². The van der Waals surface area contributed by atoms with E-state index in [2.05, 4.69) is 15.4 Å². The minimum absolute atomic E-state index is 0.0948. The molecule has 3 rings (SSSR count). The standard InChI is InChI=1S/C17H12ClF3N4O/c1-10-5-6-14(22-8-10)24-16(26)13-9-23-25(15(13)17(19,20)21)12-4-2-3-11(18)7-12/h2-9H,1H3,(H,22,24,26). The van der Waals surface area contributed by atoms with Crippen molar-refractivity contribution in [2.45, 2.75) is 13.1 Å². The van der Waals surface area contributed by atoms with Crippen molar-refractivity contribution in [1.82, 2.24) is 14.8 Å². The number of halogens is 4. The largest absolute Gasteiger partial charge is 0.434 e. The Kier molecular flexibility index (Phi) is 4.69. The second-order valence-corrected chi connectivity index (χ2v) is 5.91. The number of benzene rings is 1. The average Bonchev–Trinajstić information content (AvgIpc) is 3.02. The van der Waals surface area contributed by atoms with Gasteiger partial charge in [0.15, 0.2) is 5.69 Å². The average molecular weight is 381 g/mol. The molecule has 0 unspecified atom stereocenters. The lowest BCUT2D eigenvalue weighted by Gasteiger charge is -2.13. The van der Waals surface area contributed by atoms with Crippen LogP contribution in [0.4, 0.5) is 19.0 Å². The van der Waals surface area contributed by atoms with E-state index in [0.29, 0.717) is 4.68 Å². The molecule has 1 aromatic carbocycles. The Hall–Kier alpha value is -2.87. The number of pyridine rings is 1. The highest BCUT2D eigenvalue weighted by molar-refractivity contribution is 6.30. The van der Waals surface area contributed by atoms with Gasteiger partial charge in [0, 0.05) is 11.2 Å². The number of aromatic nitrogens is 3. The fourth-order valence-electron chi connectivity index (χ4n) is 2.32. The van der Waals surface area contributed by atoms with Crippen LogP contribution >= 0.6 is 11.6 Å². The van der Waals surface area contributed by atoms with Gasteiger partial charge in [0.1, 0.15) is 5.82 Å². The third-order valence-corrected chi connectivity index (χ3v) is 3.72. The van der Waals surface area contributed by atoms with E-state index in [1.165, 1.54) is 36.5 Å². The first-order chi connectivity index (χ1) is 12.3. The van der Waals surface area contributed by atoms with Crippen LogP contribution in [0.5, 0.6) is 0 Å². The summed E-state index contributed by atoms with van der Waals surface area (Å²) in [6.07, 6.45) is -2.44. The van der Waals surface area contributed by atoms with Crippen molar-refractivity contribution in [2.24, 2.45) is 0 Å². The molecule has 0 aliphatic carbocycles. The van der Waals surface area contributed by atoms with E-state index >= 15 is 0 Å². The summed E-state index contributed by atoms with van der Waals surface area (Å²) in [7, 11) is 0. The van der Waals surface area contributed by atoms with Crippen LogP contribution in [0.25, 0.3) is 5.69 Å². The van der Waals surface area contributed by atoms with Gasteiger partial charge in [-0.25, -0.2) is 9.67 Å². The second kappa shape index (κ2) is 6.80. The number of rotatable bonds is 3. The predicted octanol–water partition coefficient (Wildman–Crippen LogP) is 4.50. The molecule has 0 spiro atoms. The molecule has 0 atom stereocenters. The van der Waals surface area contributed by atoms with Gasteiger partial charge in [-0.15, -0.1) is 0 Å². The molecule has 0 radical (unpaired) electrons. The van der Waals surface area contributed by atoms with Crippen molar-refractivity contribution >= 4 is 23.3 Å². The molecular weight excluding hydrogens is 369 g/mol. The maximum atomic E-state index is 13.6. The summed E-state index contributed by atoms with van der Waals surface area (Å²) in [5.74, 6) is -0.814. The zero-order valence-electron chi connectivity index (χ0n) is 13.4. The number of amides is 1. The Balaban J connectivity index is 2.02. The molecule has 0 bridgehead atoms. The van der Waals surface area contributed by atoms with Crippen LogP contribution < -0.4 is 5.32 Å². The van der Waals surface area contributed by atoms with E-state index in [9.17, 15) is 18.0 Å². The number of carbonyl (C=O) groups is 1. The van der Waals surface area contributed by atoms with Gasteiger partial charge < -0.3 is 5.32 Å². The van der Waals surface area contributed by atoms with Crippen LogP contribution in [-0.2, 0) is 6.18 Å². The first kappa shape index (κ1) is 17.9. The van der Waals surface area contributed by atoms with E-state index in [1.807, 2.05) is 0 Å². The SMILES string of the molecule is Cc1ccc(NC(=O)c2cnn(-c3cccc(Cl)c3)c2C(F)(F)F)nc1. The van der Waals surface area contributed by atoms with Gasteiger partial charge in [-0.3, -0.25) is 4.79 Å². The van der Waals surface area contributed by atoms with Crippen molar-refractivity contribution in [1.29, 1.82) is 0 Å². The third-order valence-electron chi connectivity index (χ3n) is 3.49. The minimum Gasteiger partial charge on any atom is -0.306 e. The number of nitrogens with zero attached hydrogens (tertiary/aromatic N) is 3. The summed E-state index contributed by atoms with van der Waals surface area (Å²) < 4.78 is 41.4. The van der Waals surface area contributed by atoms with E-state index in [-0.39, 0.29) is 16.5 Å². The molecule has 2 heterocycles. The van der Waals surface area contributed by atoms with Crippen LogP contribution in [-0.4, -0.2) is 20.7 Å². The van der Waals surface area contributed by atoms with Gasteiger partial charge in [-0.2, -0.15) is 18.3 Å². The van der Waals surface area contributed by atoms with Crippen molar-refractivity contribution < 1.29 is 18.0 Å². The summed E-state index contributed by atoms with van der Waals surface area (Å²) in [4.78, 5) is 16.3. The Labute approximate surface area is 151 Å². The molecule has 2 aromatic heterocycles. The molecule has 3 aromatic rings. The Bertz CT molecular complexity index is 951. The van der Waals surface area contributed by atoms with Crippen LogP contribution in [0.1, 0.15) is 21.6 Å². The van der Waals surface area contributed by atoms with Gasteiger partial charge in [0.25, 0.3) is 5.91 Å². The normalized spacial score (nSPS) is 11.4. The van der Waals surface area contributed by atoms with Crippen LogP contribution in [0, 0.1) is 6.92 Å².